The van der Waals surface area contributed by atoms with Gasteiger partial charge in [0.1, 0.15) is 12.7 Å². The molecule has 0 spiro atoms. The lowest BCUT2D eigenvalue weighted by Crippen LogP contribution is -2.43. The predicted octanol–water partition coefficient (Wildman–Crippen LogP) is 3.31. The molecule has 1 N–H and O–H groups in total. The molecule has 1 heterocycles. The summed E-state index contributed by atoms with van der Waals surface area (Å²) in [5.74, 6) is -1.51. The molecule has 29 heavy (non-hydrogen) atoms. The van der Waals surface area contributed by atoms with Crippen molar-refractivity contribution in [1.82, 2.24) is 0 Å². The molecule has 0 aliphatic carbocycles. The Morgan fingerprint density at radius 2 is 1.52 bits per heavy atom. The Bertz CT molecular complexity index is 881. The number of aliphatic hydroxyl groups is 1. The molecular weight excluding hydrogens is 403 g/mol. The second-order valence-corrected chi connectivity index (χ2v) is 7.44. The highest BCUT2D eigenvalue weighted by Gasteiger charge is 2.59. The van der Waals surface area contributed by atoms with Crippen molar-refractivity contribution in [3.05, 3.63) is 70.8 Å². The third-order valence-corrected chi connectivity index (χ3v) is 4.94. The van der Waals surface area contributed by atoms with E-state index in [0.29, 0.717) is 5.56 Å². The fraction of sp³-hybridized carbons (Fsp3) is 0.333. The highest BCUT2D eigenvalue weighted by Crippen LogP contribution is 2.39. The van der Waals surface area contributed by atoms with Crippen LogP contribution in [0.25, 0.3) is 0 Å². The molecule has 2 aromatic carbocycles. The van der Waals surface area contributed by atoms with E-state index in [9.17, 15) is 19.1 Å². The highest BCUT2D eigenvalue weighted by molar-refractivity contribution is 6.24. The number of hydrogen-bond donors (Lipinski definition) is 1. The molecule has 0 aromatic heterocycles. The molecule has 0 bridgehead atoms. The summed E-state index contributed by atoms with van der Waals surface area (Å²) in [6.45, 7) is 3.26. The lowest BCUT2D eigenvalue weighted by atomic mass is 10.1. The SMILES string of the molecule is Cc1ccc(C(=O)OCC2OC(O)C(F)(Cl)C2OC(=O)c2ccc(C)cc2)cc1. The van der Waals surface area contributed by atoms with Crippen LogP contribution in [-0.4, -0.2) is 47.3 Å². The second-order valence-electron chi connectivity index (χ2n) is 6.86. The van der Waals surface area contributed by atoms with Crippen LogP contribution < -0.4 is 0 Å². The average Bonchev–Trinajstić information content (AvgIpc) is 2.90. The summed E-state index contributed by atoms with van der Waals surface area (Å²) in [7, 11) is 0. The Balaban J connectivity index is 1.69. The smallest absolute Gasteiger partial charge is 0.338 e. The average molecular weight is 423 g/mol. The van der Waals surface area contributed by atoms with E-state index in [0.717, 1.165) is 11.1 Å². The maximum absolute atomic E-state index is 14.7. The maximum Gasteiger partial charge on any atom is 0.338 e. The molecule has 1 fully saturated rings. The Kier molecular flexibility index (Phi) is 6.21. The zero-order chi connectivity index (χ0) is 21.2. The van der Waals surface area contributed by atoms with E-state index < -0.39 is 42.2 Å². The molecule has 1 aliphatic heterocycles. The zero-order valence-electron chi connectivity index (χ0n) is 15.8. The lowest BCUT2D eigenvalue weighted by molar-refractivity contribution is -0.129. The van der Waals surface area contributed by atoms with Crippen LogP contribution in [0.2, 0.25) is 0 Å². The number of esters is 2. The van der Waals surface area contributed by atoms with Gasteiger partial charge in [-0.3, -0.25) is 0 Å². The summed E-state index contributed by atoms with van der Waals surface area (Å²) in [4.78, 5) is 24.5. The van der Waals surface area contributed by atoms with Crippen molar-refractivity contribution in [2.75, 3.05) is 6.61 Å². The number of alkyl halides is 2. The summed E-state index contributed by atoms with van der Waals surface area (Å²) in [5, 5.41) is 6.88. The topological polar surface area (TPSA) is 82.1 Å². The van der Waals surface area contributed by atoms with Gasteiger partial charge in [0.05, 0.1) is 11.1 Å². The normalized spacial score (nSPS) is 26.2. The third kappa shape index (κ3) is 4.75. The van der Waals surface area contributed by atoms with Crippen LogP contribution in [0.15, 0.2) is 48.5 Å². The quantitative estimate of drug-likeness (QED) is 0.588. The highest BCUT2D eigenvalue weighted by atomic mass is 35.5. The first-order chi connectivity index (χ1) is 13.7. The Morgan fingerprint density at radius 1 is 1.03 bits per heavy atom. The van der Waals surface area contributed by atoms with Crippen molar-refractivity contribution < 1.29 is 33.3 Å². The minimum absolute atomic E-state index is 0.180. The summed E-state index contributed by atoms with van der Waals surface area (Å²) in [5.41, 5.74) is 2.37. The van der Waals surface area contributed by atoms with Gasteiger partial charge < -0.3 is 19.3 Å². The van der Waals surface area contributed by atoms with Crippen LogP contribution in [0.1, 0.15) is 31.8 Å². The van der Waals surface area contributed by atoms with Crippen LogP contribution in [0.4, 0.5) is 4.39 Å². The number of hydrogen-bond acceptors (Lipinski definition) is 6. The Hall–Kier alpha value is -2.48. The third-order valence-electron chi connectivity index (χ3n) is 4.54. The standard InChI is InChI=1S/C21H20ClFO6/c1-12-3-7-14(8-4-12)18(24)27-11-16-17(21(22,23)20(26)28-16)29-19(25)15-9-5-13(2)6-10-15/h3-10,16-17,20,26H,11H2,1-2H3. The fourth-order valence-electron chi connectivity index (χ4n) is 2.80. The molecule has 154 valence electrons. The number of aryl methyl sites for hydroxylation is 2. The first-order valence-corrected chi connectivity index (χ1v) is 9.29. The van der Waals surface area contributed by atoms with Crippen molar-refractivity contribution in [3.63, 3.8) is 0 Å². The van der Waals surface area contributed by atoms with Gasteiger partial charge in [-0.15, -0.1) is 0 Å². The molecule has 0 saturated carbocycles. The van der Waals surface area contributed by atoms with E-state index in [1.165, 1.54) is 12.1 Å². The largest absolute Gasteiger partial charge is 0.459 e. The van der Waals surface area contributed by atoms with E-state index in [1.54, 1.807) is 36.4 Å². The molecule has 8 heteroatoms. The summed E-state index contributed by atoms with van der Waals surface area (Å²) in [6.07, 6.45) is -5.02. The van der Waals surface area contributed by atoms with E-state index in [2.05, 4.69) is 0 Å². The van der Waals surface area contributed by atoms with Gasteiger partial charge in [-0.1, -0.05) is 47.0 Å². The number of rotatable bonds is 5. The van der Waals surface area contributed by atoms with E-state index >= 15 is 0 Å². The fourth-order valence-corrected chi connectivity index (χ4v) is 3.04. The molecule has 4 atom stereocenters. The number of halogens is 2. The van der Waals surface area contributed by atoms with E-state index in [4.69, 9.17) is 25.8 Å². The van der Waals surface area contributed by atoms with Gasteiger partial charge in [0, 0.05) is 0 Å². The number of benzene rings is 2. The Labute approximate surface area is 172 Å². The minimum atomic E-state index is -2.89. The predicted molar refractivity (Wildman–Crippen MR) is 102 cm³/mol. The number of carbonyl (C=O) groups is 2. The Morgan fingerprint density at radius 3 is 2.03 bits per heavy atom. The van der Waals surface area contributed by atoms with Crippen molar-refractivity contribution in [3.8, 4) is 0 Å². The summed E-state index contributed by atoms with van der Waals surface area (Å²) >= 11 is 5.73. The maximum atomic E-state index is 14.7. The summed E-state index contributed by atoms with van der Waals surface area (Å²) < 4.78 is 30.1. The number of ether oxygens (including phenoxy) is 3. The first kappa shape index (κ1) is 21.2. The molecule has 1 saturated heterocycles. The molecule has 0 radical (unpaired) electrons. The van der Waals surface area contributed by atoms with Crippen LogP contribution in [0.5, 0.6) is 0 Å². The van der Waals surface area contributed by atoms with Crippen molar-refractivity contribution >= 4 is 23.5 Å². The molecule has 3 rings (SSSR count). The van der Waals surface area contributed by atoms with Crippen LogP contribution >= 0.6 is 11.6 Å². The van der Waals surface area contributed by atoms with E-state index in [1.807, 2.05) is 13.8 Å². The van der Waals surface area contributed by atoms with Gasteiger partial charge in [-0.05, 0) is 38.1 Å². The molecular formula is C21H20ClFO6. The lowest BCUT2D eigenvalue weighted by Gasteiger charge is -2.23. The number of carbonyl (C=O) groups excluding carboxylic acids is 2. The number of aliphatic hydroxyl groups excluding tert-OH is 1. The second kappa shape index (κ2) is 8.49. The van der Waals surface area contributed by atoms with Gasteiger partial charge in [0.2, 0.25) is 6.29 Å². The van der Waals surface area contributed by atoms with Crippen LogP contribution in [0.3, 0.4) is 0 Å². The van der Waals surface area contributed by atoms with Crippen LogP contribution in [-0.2, 0) is 14.2 Å². The van der Waals surface area contributed by atoms with Crippen molar-refractivity contribution in [2.24, 2.45) is 0 Å². The van der Waals surface area contributed by atoms with Crippen LogP contribution in [0, 0.1) is 13.8 Å². The minimum Gasteiger partial charge on any atom is -0.459 e. The molecule has 1 aliphatic rings. The molecule has 4 unspecified atom stereocenters. The first-order valence-electron chi connectivity index (χ1n) is 8.91. The van der Waals surface area contributed by atoms with Gasteiger partial charge in [-0.25, -0.2) is 14.0 Å². The van der Waals surface area contributed by atoms with Gasteiger partial charge >= 0.3 is 11.9 Å². The zero-order valence-corrected chi connectivity index (χ0v) is 16.6. The van der Waals surface area contributed by atoms with Gasteiger partial charge in [-0.2, -0.15) is 0 Å². The van der Waals surface area contributed by atoms with Gasteiger partial charge in [0.25, 0.3) is 5.13 Å². The molecule has 0 amide bonds. The summed E-state index contributed by atoms with van der Waals surface area (Å²) in [6, 6.07) is 13.1. The monoisotopic (exact) mass is 422 g/mol. The molecule has 2 aromatic rings. The van der Waals surface area contributed by atoms with Gasteiger partial charge in [0.15, 0.2) is 6.10 Å². The van der Waals surface area contributed by atoms with Crippen molar-refractivity contribution in [2.45, 2.75) is 37.5 Å². The molecule has 6 nitrogen and oxygen atoms in total. The van der Waals surface area contributed by atoms with E-state index in [-0.39, 0.29) is 5.56 Å². The van der Waals surface area contributed by atoms with Crippen molar-refractivity contribution in [1.29, 1.82) is 0 Å².